The molecule has 2 rings (SSSR count). The minimum atomic E-state index is -1.14. The van der Waals surface area contributed by atoms with Gasteiger partial charge < -0.3 is 10.4 Å². The number of hydrogen-bond donors (Lipinski definition) is 2. The number of benzene rings is 2. The van der Waals surface area contributed by atoms with Gasteiger partial charge in [-0.2, -0.15) is 0 Å². The first-order valence-electron chi connectivity index (χ1n) is 5.58. The predicted molar refractivity (Wildman–Crippen MR) is 83.2 cm³/mol. The zero-order chi connectivity index (χ0) is 14.7. The number of halogens is 2. The van der Waals surface area contributed by atoms with Crippen LogP contribution < -0.4 is 5.32 Å². The summed E-state index contributed by atoms with van der Waals surface area (Å²) in [5, 5.41) is 11.8. The second kappa shape index (κ2) is 6.19. The van der Waals surface area contributed by atoms with E-state index in [9.17, 15) is 9.59 Å². The van der Waals surface area contributed by atoms with E-state index in [4.69, 9.17) is 5.11 Å². The Kier molecular flexibility index (Phi) is 4.57. The Labute approximate surface area is 132 Å². The molecule has 0 aromatic heterocycles. The summed E-state index contributed by atoms with van der Waals surface area (Å²) in [7, 11) is 0. The standard InChI is InChI=1S/C14H9Br2NO3/c15-10-6-3-7-11(16)12(10)17-13(18)8-4-1-2-5-9(8)14(19)20/h1-7H,(H,17,18)(H,19,20). The molecule has 102 valence electrons. The van der Waals surface area contributed by atoms with Crippen molar-refractivity contribution in [2.24, 2.45) is 0 Å². The molecular formula is C14H9Br2NO3. The van der Waals surface area contributed by atoms with Crippen LogP contribution in [-0.2, 0) is 0 Å². The van der Waals surface area contributed by atoms with E-state index < -0.39 is 11.9 Å². The van der Waals surface area contributed by atoms with Crippen LogP contribution in [0.3, 0.4) is 0 Å². The number of aromatic carboxylic acids is 1. The van der Waals surface area contributed by atoms with Crippen LogP contribution in [0.5, 0.6) is 0 Å². The molecule has 20 heavy (non-hydrogen) atoms. The van der Waals surface area contributed by atoms with E-state index in [0.29, 0.717) is 14.6 Å². The van der Waals surface area contributed by atoms with Crippen LogP contribution in [0.1, 0.15) is 20.7 Å². The molecule has 1 amide bonds. The van der Waals surface area contributed by atoms with Crippen molar-refractivity contribution in [2.45, 2.75) is 0 Å². The SMILES string of the molecule is O=C(O)c1ccccc1C(=O)Nc1c(Br)cccc1Br. The number of rotatable bonds is 3. The topological polar surface area (TPSA) is 66.4 Å². The van der Waals surface area contributed by atoms with Gasteiger partial charge in [-0.25, -0.2) is 4.79 Å². The molecular weight excluding hydrogens is 390 g/mol. The van der Waals surface area contributed by atoms with Crippen molar-refractivity contribution in [3.8, 4) is 0 Å². The van der Waals surface area contributed by atoms with Crippen molar-refractivity contribution in [1.29, 1.82) is 0 Å². The zero-order valence-electron chi connectivity index (χ0n) is 10.1. The van der Waals surface area contributed by atoms with Gasteiger partial charge in [0, 0.05) is 8.95 Å². The lowest BCUT2D eigenvalue weighted by Gasteiger charge is -2.10. The van der Waals surface area contributed by atoms with Crippen LogP contribution in [0.4, 0.5) is 5.69 Å². The summed E-state index contributed by atoms with van der Waals surface area (Å²) in [5.41, 5.74) is 0.633. The van der Waals surface area contributed by atoms with Crippen LogP contribution in [-0.4, -0.2) is 17.0 Å². The molecule has 0 fully saturated rings. The molecule has 0 saturated heterocycles. The van der Waals surface area contributed by atoms with Crippen LogP contribution in [0.15, 0.2) is 51.4 Å². The second-order valence-corrected chi connectivity index (χ2v) is 5.61. The Morgan fingerprint density at radius 1 is 0.900 bits per heavy atom. The molecule has 0 aliphatic carbocycles. The molecule has 4 nitrogen and oxygen atoms in total. The molecule has 2 N–H and O–H groups in total. The van der Waals surface area contributed by atoms with E-state index in [-0.39, 0.29) is 11.1 Å². The van der Waals surface area contributed by atoms with Crippen molar-refractivity contribution in [1.82, 2.24) is 0 Å². The lowest BCUT2D eigenvalue weighted by molar-refractivity contribution is 0.0692. The van der Waals surface area contributed by atoms with E-state index in [0.717, 1.165) is 0 Å². The van der Waals surface area contributed by atoms with Crippen LogP contribution in [0.25, 0.3) is 0 Å². The maximum atomic E-state index is 12.2. The molecule has 2 aromatic rings. The number of carboxylic acid groups (broad SMARTS) is 1. The minimum absolute atomic E-state index is 0.0341. The third-order valence-electron chi connectivity index (χ3n) is 2.60. The highest BCUT2D eigenvalue weighted by atomic mass is 79.9. The smallest absolute Gasteiger partial charge is 0.336 e. The molecule has 0 atom stereocenters. The van der Waals surface area contributed by atoms with Gasteiger partial charge in [-0.05, 0) is 56.1 Å². The molecule has 6 heteroatoms. The second-order valence-electron chi connectivity index (χ2n) is 3.90. The predicted octanol–water partition coefficient (Wildman–Crippen LogP) is 4.16. The lowest BCUT2D eigenvalue weighted by Crippen LogP contribution is -2.16. The average Bonchev–Trinajstić information content (AvgIpc) is 2.43. The molecule has 0 bridgehead atoms. The summed E-state index contributed by atoms with van der Waals surface area (Å²) in [6.45, 7) is 0. The van der Waals surface area contributed by atoms with Gasteiger partial charge in [-0.3, -0.25) is 4.79 Å². The third kappa shape index (κ3) is 3.08. The van der Waals surface area contributed by atoms with Gasteiger partial charge in [0.25, 0.3) is 5.91 Å². The molecule has 2 aromatic carbocycles. The number of anilines is 1. The number of amides is 1. The van der Waals surface area contributed by atoms with Crippen molar-refractivity contribution in [2.75, 3.05) is 5.32 Å². The maximum absolute atomic E-state index is 12.2. The molecule has 0 aliphatic rings. The van der Waals surface area contributed by atoms with Crippen LogP contribution >= 0.6 is 31.9 Å². The highest BCUT2D eigenvalue weighted by molar-refractivity contribution is 9.11. The van der Waals surface area contributed by atoms with Crippen molar-refractivity contribution in [3.63, 3.8) is 0 Å². The normalized spacial score (nSPS) is 10.1. The van der Waals surface area contributed by atoms with E-state index in [2.05, 4.69) is 37.2 Å². The fourth-order valence-corrected chi connectivity index (χ4v) is 2.86. The van der Waals surface area contributed by atoms with Crippen LogP contribution in [0.2, 0.25) is 0 Å². The molecule has 0 unspecified atom stereocenters. The van der Waals surface area contributed by atoms with E-state index in [1.54, 1.807) is 24.3 Å². The molecule has 0 heterocycles. The summed E-state index contributed by atoms with van der Waals surface area (Å²) in [5.74, 6) is -1.61. The third-order valence-corrected chi connectivity index (χ3v) is 3.93. The van der Waals surface area contributed by atoms with Gasteiger partial charge >= 0.3 is 5.97 Å². The Bertz CT molecular complexity index is 666. The molecule has 0 radical (unpaired) electrons. The lowest BCUT2D eigenvalue weighted by atomic mass is 10.1. The number of hydrogen-bond acceptors (Lipinski definition) is 2. The first kappa shape index (κ1) is 14.7. The van der Waals surface area contributed by atoms with E-state index in [1.165, 1.54) is 12.1 Å². The fourth-order valence-electron chi connectivity index (χ4n) is 1.67. The number of nitrogens with one attached hydrogen (secondary N) is 1. The summed E-state index contributed by atoms with van der Waals surface area (Å²) >= 11 is 6.67. The van der Waals surface area contributed by atoms with Gasteiger partial charge in [0.15, 0.2) is 0 Å². The van der Waals surface area contributed by atoms with Gasteiger partial charge in [0.05, 0.1) is 16.8 Å². The highest BCUT2D eigenvalue weighted by Gasteiger charge is 2.17. The fraction of sp³-hybridized carbons (Fsp3) is 0. The Hall–Kier alpha value is -1.66. The molecule has 0 aliphatic heterocycles. The van der Waals surface area contributed by atoms with Crippen molar-refractivity contribution < 1.29 is 14.7 Å². The quantitative estimate of drug-likeness (QED) is 0.815. The largest absolute Gasteiger partial charge is 0.478 e. The van der Waals surface area contributed by atoms with Crippen LogP contribution in [0, 0.1) is 0 Å². The minimum Gasteiger partial charge on any atom is -0.478 e. The van der Waals surface area contributed by atoms with E-state index >= 15 is 0 Å². The first-order chi connectivity index (χ1) is 9.50. The summed E-state index contributed by atoms with van der Waals surface area (Å²) in [6, 6.07) is 11.4. The molecule has 0 spiro atoms. The first-order valence-corrected chi connectivity index (χ1v) is 7.17. The van der Waals surface area contributed by atoms with Gasteiger partial charge in [0.1, 0.15) is 0 Å². The van der Waals surface area contributed by atoms with Gasteiger partial charge in [-0.1, -0.05) is 18.2 Å². The zero-order valence-corrected chi connectivity index (χ0v) is 13.2. The van der Waals surface area contributed by atoms with Crippen molar-refractivity contribution in [3.05, 3.63) is 62.5 Å². The maximum Gasteiger partial charge on any atom is 0.336 e. The van der Waals surface area contributed by atoms with E-state index in [1.807, 2.05) is 6.07 Å². The summed E-state index contributed by atoms with van der Waals surface area (Å²) in [6.07, 6.45) is 0. The van der Waals surface area contributed by atoms with Gasteiger partial charge in [0.2, 0.25) is 0 Å². The number of para-hydroxylation sites is 1. The van der Waals surface area contributed by atoms with Gasteiger partial charge in [-0.15, -0.1) is 0 Å². The average molecular weight is 399 g/mol. The highest BCUT2D eigenvalue weighted by Crippen LogP contribution is 2.31. The number of carbonyl (C=O) groups is 2. The van der Waals surface area contributed by atoms with Crippen molar-refractivity contribution >= 4 is 49.4 Å². The summed E-state index contributed by atoms with van der Waals surface area (Å²) in [4.78, 5) is 23.3. The Balaban J connectivity index is 2.36. The number of carboxylic acids is 1. The molecule has 0 saturated carbocycles. The Morgan fingerprint density at radius 2 is 1.45 bits per heavy atom. The number of carbonyl (C=O) groups excluding carboxylic acids is 1. The Morgan fingerprint density at radius 3 is 2.00 bits per heavy atom. The monoisotopic (exact) mass is 397 g/mol. The summed E-state index contributed by atoms with van der Waals surface area (Å²) < 4.78 is 1.40.